The van der Waals surface area contributed by atoms with Gasteiger partial charge in [0.25, 0.3) is 5.91 Å². The molecule has 3 aliphatic rings. The van der Waals surface area contributed by atoms with Gasteiger partial charge in [-0.05, 0) is 44.7 Å². The Kier molecular flexibility index (Phi) is 6.25. The summed E-state index contributed by atoms with van der Waals surface area (Å²) >= 11 is 0. The molecule has 3 aromatic rings. The van der Waals surface area contributed by atoms with Crippen LogP contribution >= 0.6 is 0 Å². The molecule has 3 saturated heterocycles. The van der Waals surface area contributed by atoms with Crippen molar-refractivity contribution in [1.82, 2.24) is 29.9 Å². The SMILES string of the molecule is CC(=O)c1c(C2C[C@H]3CC[C@@H](C2)N3C(=O)C(N)=NC=N)nc2c(-c3ccc(N4NCCC4=O)nc3)cnn2c1N. The Hall–Kier alpha value is -4.72. The average Bonchev–Trinajstić information content (AvgIpc) is 3.63. The van der Waals surface area contributed by atoms with Gasteiger partial charge in [-0.25, -0.2) is 25.4 Å². The maximum absolute atomic E-state index is 12.9. The highest BCUT2D eigenvalue weighted by atomic mass is 16.2. The summed E-state index contributed by atoms with van der Waals surface area (Å²) < 4.78 is 1.47. The van der Waals surface area contributed by atoms with Crippen LogP contribution in [0.5, 0.6) is 0 Å². The van der Waals surface area contributed by atoms with Crippen LogP contribution < -0.4 is 21.9 Å². The van der Waals surface area contributed by atoms with E-state index in [-0.39, 0.29) is 47.3 Å². The Morgan fingerprint density at radius 3 is 2.55 bits per heavy atom. The monoisotopic (exact) mass is 543 g/mol. The lowest BCUT2D eigenvalue weighted by Crippen LogP contribution is -2.50. The number of Topliss-reactive ketones (excluding diaryl/α,β-unsaturated/α-hetero) is 1. The van der Waals surface area contributed by atoms with Crippen LogP contribution in [-0.4, -0.2) is 72.9 Å². The van der Waals surface area contributed by atoms with E-state index >= 15 is 0 Å². The maximum atomic E-state index is 12.9. The Morgan fingerprint density at radius 2 is 1.95 bits per heavy atom. The molecule has 2 amide bonds. The van der Waals surface area contributed by atoms with Gasteiger partial charge in [0, 0.05) is 48.3 Å². The summed E-state index contributed by atoms with van der Waals surface area (Å²) in [6.07, 6.45) is 7.28. The van der Waals surface area contributed by atoms with Crippen molar-refractivity contribution in [2.24, 2.45) is 10.7 Å². The Bertz CT molecular complexity index is 1560. The molecule has 14 nitrogen and oxygen atoms in total. The first-order valence-electron chi connectivity index (χ1n) is 13.1. The molecular formula is C26H29N11O3. The third-order valence-corrected chi connectivity index (χ3v) is 7.99. The lowest BCUT2D eigenvalue weighted by atomic mass is 9.85. The van der Waals surface area contributed by atoms with E-state index in [1.54, 1.807) is 23.4 Å². The molecule has 6 heterocycles. The summed E-state index contributed by atoms with van der Waals surface area (Å²) in [5.41, 5.74) is 18.2. The number of aromatic nitrogens is 4. The number of rotatable bonds is 5. The maximum Gasteiger partial charge on any atom is 0.289 e. The van der Waals surface area contributed by atoms with Gasteiger partial charge in [0.2, 0.25) is 5.91 Å². The van der Waals surface area contributed by atoms with Crippen molar-refractivity contribution in [1.29, 1.82) is 5.41 Å². The number of hydrazine groups is 1. The van der Waals surface area contributed by atoms with Crippen molar-refractivity contribution in [3.63, 3.8) is 0 Å². The molecule has 40 heavy (non-hydrogen) atoms. The zero-order valence-electron chi connectivity index (χ0n) is 21.9. The van der Waals surface area contributed by atoms with Gasteiger partial charge in [-0.2, -0.15) is 9.61 Å². The minimum atomic E-state index is -0.371. The molecule has 6 rings (SSSR count). The second kappa shape index (κ2) is 9.79. The summed E-state index contributed by atoms with van der Waals surface area (Å²) in [7, 11) is 0. The van der Waals surface area contributed by atoms with E-state index in [0.717, 1.165) is 24.7 Å². The normalized spacial score (nSPS) is 22.8. The van der Waals surface area contributed by atoms with Crippen molar-refractivity contribution >= 4 is 47.1 Å². The predicted octanol–water partition coefficient (Wildman–Crippen LogP) is 1.02. The molecule has 3 fully saturated rings. The van der Waals surface area contributed by atoms with Gasteiger partial charge in [0.1, 0.15) is 18.0 Å². The number of carbonyl (C=O) groups excluding carboxylic acids is 3. The van der Waals surface area contributed by atoms with Gasteiger partial charge in [-0.3, -0.25) is 19.8 Å². The number of nitrogens with two attached hydrogens (primary N) is 2. The molecule has 0 radical (unpaired) electrons. The summed E-state index contributed by atoms with van der Waals surface area (Å²) in [5, 5.41) is 13.0. The third kappa shape index (κ3) is 4.07. The predicted molar refractivity (Wildman–Crippen MR) is 147 cm³/mol. The number of amidine groups is 1. The van der Waals surface area contributed by atoms with Gasteiger partial charge in [-0.15, -0.1) is 0 Å². The molecule has 3 aliphatic heterocycles. The molecule has 3 atom stereocenters. The second-order valence-corrected chi connectivity index (χ2v) is 10.3. The van der Waals surface area contributed by atoms with E-state index in [4.69, 9.17) is 21.9 Å². The van der Waals surface area contributed by atoms with Crippen LogP contribution in [0.1, 0.15) is 61.0 Å². The van der Waals surface area contributed by atoms with E-state index in [1.807, 2.05) is 6.07 Å². The van der Waals surface area contributed by atoms with Crippen LogP contribution in [0.3, 0.4) is 0 Å². The van der Waals surface area contributed by atoms with E-state index in [2.05, 4.69) is 20.5 Å². The van der Waals surface area contributed by atoms with E-state index < -0.39 is 0 Å². The van der Waals surface area contributed by atoms with Crippen LogP contribution in [0.2, 0.25) is 0 Å². The second-order valence-electron chi connectivity index (χ2n) is 10.3. The summed E-state index contributed by atoms with van der Waals surface area (Å²) in [5.74, 6) is -0.221. The Balaban J connectivity index is 1.37. The third-order valence-electron chi connectivity index (χ3n) is 7.99. The fourth-order valence-electron chi connectivity index (χ4n) is 6.24. The van der Waals surface area contributed by atoms with E-state index in [9.17, 15) is 14.4 Å². The van der Waals surface area contributed by atoms with Gasteiger partial charge < -0.3 is 16.4 Å². The number of carbonyl (C=O) groups is 3. The fraction of sp³-hybridized carbons (Fsp3) is 0.385. The first kappa shape index (κ1) is 25.6. The van der Waals surface area contributed by atoms with Gasteiger partial charge >= 0.3 is 0 Å². The number of piperidine rings is 1. The Labute approximate surface area is 228 Å². The van der Waals surface area contributed by atoms with E-state index in [0.29, 0.717) is 54.1 Å². The molecule has 14 heteroatoms. The topological polar surface area (TPSA) is 201 Å². The summed E-state index contributed by atoms with van der Waals surface area (Å²) in [6.45, 7) is 2.03. The number of nitrogens with one attached hydrogen (secondary N) is 2. The molecule has 3 aromatic heterocycles. The van der Waals surface area contributed by atoms with Crippen LogP contribution in [0.4, 0.5) is 11.6 Å². The zero-order chi connectivity index (χ0) is 28.1. The number of hydrogen-bond donors (Lipinski definition) is 4. The zero-order valence-corrected chi connectivity index (χ0v) is 21.9. The Morgan fingerprint density at radius 1 is 1.20 bits per heavy atom. The average molecular weight is 544 g/mol. The van der Waals surface area contributed by atoms with Crippen LogP contribution in [0.25, 0.3) is 16.8 Å². The minimum Gasteiger partial charge on any atom is -0.383 e. The largest absolute Gasteiger partial charge is 0.383 e. The molecule has 206 valence electrons. The van der Waals surface area contributed by atoms with E-state index in [1.165, 1.54) is 16.4 Å². The standard InChI is InChI=1S/C26H29N11O3/c1-13(38)21-22(15-8-16-3-4-17(9-15)35(16)26(40)23(28)31-12-27)34-25-18(11-33-37(25)24(21)29)14-2-5-19(30-10-14)36-20(39)6-7-32-36/h2,5,10-12,15-17,32H,3-4,6-9,29H2,1H3,(H3,27,28,31)/t15?,16-,17+. The van der Waals surface area contributed by atoms with Crippen molar-refractivity contribution in [2.75, 3.05) is 17.3 Å². The molecule has 0 spiro atoms. The highest BCUT2D eigenvalue weighted by Crippen LogP contribution is 2.44. The van der Waals surface area contributed by atoms with Gasteiger partial charge in [-0.1, -0.05) is 0 Å². The number of amides is 2. The molecule has 0 saturated carbocycles. The molecule has 0 aromatic carbocycles. The van der Waals surface area contributed by atoms with Gasteiger partial charge in [0.15, 0.2) is 17.3 Å². The lowest BCUT2D eigenvalue weighted by Gasteiger charge is -2.39. The van der Waals surface area contributed by atoms with Crippen molar-refractivity contribution in [3.05, 3.63) is 35.8 Å². The van der Waals surface area contributed by atoms with Crippen molar-refractivity contribution < 1.29 is 14.4 Å². The van der Waals surface area contributed by atoms with Crippen molar-refractivity contribution in [3.8, 4) is 11.1 Å². The van der Waals surface area contributed by atoms with Crippen LogP contribution in [0.15, 0.2) is 29.5 Å². The number of ketones is 1. The summed E-state index contributed by atoms with van der Waals surface area (Å²) in [4.78, 5) is 52.7. The van der Waals surface area contributed by atoms with Crippen LogP contribution in [0, 0.1) is 5.41 Å². The number of pyridine rings is 1. The molecular weight excluding hydrogens is 514 g/mol. The highest BCUT2D eigenvalue weighted by molar-refractivity contribution is 6.38. The fourth-order valence-corrected chi connectivity index (χ4v) is 6.24. The smallest absolute Gasteiger partial charge is 0.289 e. The number of nitrogens with zero attached hydrogens (tertiary/aromatic N) is 7. The highest BCUT2D eigenvalue weighted by Gasteiger charge is 2.45. The number of anilines is 2. The van der Waals surface area contributed by atoms with Crippen LogP contribution in [-0.2, 0) is 9.59 Å². The molecule has 0 aliphatic carbocycles. The number of hydrogen-bond acceptors (Lipinski definition) is 9. The quantitative estimate of drug-likeness (QED) is 0.206. The number of nitrogen functional groups attached to an aromatic ring is 1. The lowest BCUT2D eigenvalue weighted by molar-refractivity contribution is -0.128. The van der Waals surface area contributed by atoms with Gasteiger partial charge in [0.05, 0.1) is 17.5 Å². The summed E-state index contributed by atoms with van der Waals surface area (Å²) in [6, 6.07) is 3.42. The first-order chi connectivity index (χ1) is 19.3. The molecule has 6 N–H and O–H groups in total. The molecule has 1 unspecified atom stereocenters. The first-order valence-corrected chi connectivity index (χ1v) is 13.1. The number of aliphatic imine (C=N–C) groups is 1. The minimum absolute atomic E-state index is 0.0431. The van der Waals surface area contributed by atoms with Crippen molar-refractivity contribution in [2.45, 2.75) is 57.0 Å². The number of fused-ring (bicyclic) bond motifs is 3. The molecule has 2 bridgehead atoms.